The Bertz CT molecular complexity index is 671. The summed E-state index contributed by atoms with van der Waals surface area (Å²) in [6, 6.07) is 14.0. The maximum atomic E-state index is 11.9. The molecular formula is C16H16ClN3O2. The van der Waals surface area contributed by atoms with Crippen molar-refractivity contribution in [3.05, 3.63) is 53.6 Å². The molecule has 0 spiro atoms. The minimum atomic E-state index is -0.174. The molecule has 0 saturated heterocycles. The molecular weight excluding hydrogens is 302 g/mol. The molecule has 2 rings (SSSR count). The molecule has 2 aromatic carbocycles. The molecule has 2 aromatic rings. The third-order valence-electron chi connectivity index (χ3n) is 2.76. The Labute approximate surface area is 133 Å². The minimum Gasteiger partial charge on any atom is -0.376 e. The lowest BCUT2D eigenvalue weighted by molar-refractivity contribution is -0.115. The molecule has 0 fully saturated rings. The number of hydrogen-bond acceptors (Lipinski definition) is 3. The van der Waals surface area contributed by atoms with Gasteiger partial charge < -0.3 is 16.0 Å². The van der Waals surface area contributed by atoms with Crippen LogP contribution in [-0.4, -0.2) is 18.4 Å². The lowest BCUT2D eigenvalue weighted by Gasteiger charge is -2.09. The highest BCUT2D eigenvalue weighted by molar-refractivity contribution is 6.30. The monoisotopic (exact) mass is 317 g/mol. The van der Waals surface area contributed by atoms with Gasteiger partial charge in [0.15, 0.2) is 0 Å². The number of amides is 2. The van der Waals surface area contributed by atoms with E-state index in [0.29, 0.717) is 16.4 Å². The molecule has 0 unspecified atom stereocenters. The molecule has 0 aromatic heterocycles. The van der Waals surface area contributed by atoms with Crippen LogP contribution < -0.4 is 16.0 Å². The summed E-state index contributed by atoms with van der Waals surface area (Å²) in [5, 5.41) is 9.06. The van der Waals surface area contributed by atoms with E-state index >= 15 is 0 Å². The molecule has 0 atom stereocenters. The van der Waals surface area contributed by atoms with Crippen molar-refractivity contribution in [3.8, 4) is 0 Å². The second-order valence-corrected chi connectivity index (χ2v) is 5.11. The van der Waals surface area contributed by atoms with E-state index in [0.717, 1.165) is 5.69 Å². The zero-order chi connectivity index (χ0) is 15.9. The first kappa shape index (κ1) is 15.9. The molecule has 5 nitrogen and oxygen atoms in total. The van der Waals surface area contributed by atoms with E-state index in [1.54, 1.807) is 42.5 Å². The predicted molar refractivity (Wildman–Crippen MR) is 89.3 cm³/mol. The zero-order valence-electron chi connectivity index (χ0n) is 12.0. The average Bonchev–Trinajstić information content (AvgIpc) is 2.47. The first-order chi connectivity index (χ1) is 10.5. The van der Waals surface area contributed by atoms with E-state index in [9.17, 15) is 9.59 Å². The van der Waals surface area contributed by atoms with Gasteiger partial charge in [0.05, 0.1) is 6.54 Å². The third-order valence-corrected chi connectivity index (χ3v) is 3.02. The van der Waals surface area contributed by atoms with Crippen LogP contribution in [0.1, 0.15) is 6.92 Å². The van der Waals surface area contributed by atoms with Crippen LogP contribution in [0.3, 0.4) is 0 Å². The lowest BCUT2D eigenvalue weighted by atomic mass is 10.2. The molecule has 0 radical (unpaired) electrons. The molecule has 0 aliphatic carbocycles. The van der Waals surface area contributed by atoms with Crippen molar-refractivity contribution in [2.45, 2.75) is 6.92 Å². The van der Waals surface area contributed by atoms with E-state index in [1.807, 2.05) is 6.07 Å². The van der Waals surface area contributed by atoms with Crippen molar-refractivity contribution in [1.29, 1.82) is 0 Å². The van der Waals surface area contributed by atoms with Gasteiger partial charge in [0.25, 0.3) is 0 Å². The Morgan fingerprint density at radius 3 is 2.32 bits per heavy atom. The van der Waals surface area contributed by atoms with Crippen molar-refractivity contribution >= 4 is 40.5 Å². The van der Waals surface area contributed by atoms with Gasteiger partial charge in [0, 0.05) is 29.0 Å². The van der Waals surface area contributed by atoms with E-state index in [4.69, 9.17) is 11.6 Å². The molecule has 0 bridgehead atoms. The highest BCUT2D eigenvalue weighted by atomic mass is 35.5. The number of benzene rings is 2. The smallest absolute Gasteiger partial charge is 0.243 e. The summed E-state index contributed by atoms with van der Waals surface area (Å²) in [6.07, 6.45) is 0. The van der Waals surface area contributed by atoms with Crippen LogP contribution in [0.4, 0.5) is 17.1 Å². The molecule has 0 aliphatic heterocycles. The zero-order valence-corrected chi connectivity index (χ0v) is 12.8. The van der Waals surface area contributed by atoms with Gasteiger partial charge in [-0.1, -0.05) is 17.7 Å². The molecule has 2 amide bonds. The van der Waals surface area contributed by atoms with Crippen LogP contribution in [0.25, 0.3) is 0 Å². The van der Waals surface area contributed by atoms with Gasteiger partial charge in [-0.25, -0.2) is 0 Å². The van der Waals surface area contributed by atoms with Crippen LogP contribution in [0.2, 0.25) is 5.02 Å². The van der Waals surface area contributed by atoms with Gasteiger partial charge in [0.2, 0.25) is 11.8 Å². The topological polar surface area (TPSA) is 70.2 Å². The number of rotatable bonds is 5. The van der Waals surface area contributed by atoms with Crippen LogP contribution >= 0.6 is 11.6 Å². The van der Waals surface area contributed by atoms with Crippen LogP contribution in [0, 0.1) is 0 Å². The van der Waals surface area contributed by atoms with Gasteiger partial charge in [-0.05, 0) is 42.5 Å². The molecule has 0 saturated carbocycles. The summed E-state index contributed by atoms with van der Waals surface area (Å²) in [5.41, 5.74) is 2.11. The molecule has 0 aliphatic rings. The van der Waals surface area contributed by atoms with Gasteiger partial charge >= 0.3 is 0 Å². The Kier molecular flexibility index (Phi) is 5.38. The Balaban J connectivity index is 1.88. The lowest BCUT2D eigenvalue weighted by Crippen LogP contribution is -2.21. The normalized spacial score (nSPS) is 9.91. The first-order valence-corrected chi connectivity index (χ1v) is 7.08. The summed E-state index contributed by atoms with van der Waals surface area (Å²) in [6.45, 7) is 1.56. The van der Waals surface area contributed by atoms with Gasteiger partial charge in [0.1, 0.15) is 0 Å². The maximum absolute atomic E-state index is 11.9. The second kappa shape index (κ2) is 7.47. The molecule has 6 heteroatoms. The number of nitrogens with one attached hydrogen (secondary N) is 3. The number of carbonyl (C=O) groups is 2. The fraction of sp³-hybridized carbons (Fsp3) is 0.125. The van der Waals surface area contributed by atoms with Gasteiger partial charge in [-0.3, -0.25) is 9.59 Å². The third kappa shape index (κ3) is 5.10. The molecule has 0 heterocycles. The predicted octanol–water partition coefficient (Wildman–Crippen LogP) is 3.35. The number of hydrogen-bond donors (Lipinski definition) is 3. The molecule has 114 valence electrons. The van der Waals surface area contributed by atoms with Crippen molar-refractivity contribution in [3.63, 3.8) is 0 Å². The SMILES string of the molecule is CC(=O)Nc1cccc(NCC(=O)Nc2ccc(Cl)cc2)c1. The standard InChI is InChI=1S/C16H16ClN3O2/c1-11(21)19-15-4-2-3-14(9-15)18-10-16(22)20-13-7-5-12(17)6-8-13/h2-9,18H,10H2,1H3,(H,19,21)(H,20,22). The van der Waals surface area contributed by atoms with E-state index in [-0.39, 0.29) is 18.4 Å². The van der Waals surface area contributed by atoms with Gasteiger partial charge in [-0.15, -0.1) is 0 Å². The largest absolute Gasteiger partial charge is 0.376 e. The number of carbonyl (C=O) groups excluding carboxylic acids is 2. The second-order valence-electron chi connectivity index (χ2n) is 4.67. The summed E-state index contributed by atoms with van der Waals surface area (Å²) in [4.78, 5) is 22.9. The van der Waals surface area contributed by atoms with Crippen LogP contribution in [-0.2, 0) is 9.59 Å². The summed E-state index contributed by atoms with van der Waals surface area (Å²) in [5.74, 6) is -0.315. The van der Waals surface area contributed by atoms with E-state index < -0.39 is 0 Å². The van der Waals surface area contributed by atoms with Crippen molar-refractivity contribution in [2.75, 3.05) is 22.5 Å². The van der Waals surface area contributed by atoms with Crippen LogP contribution in [0.5, 0.6) is 0 Å². The average molecular weight is 318 g/mol. The maximum Gasteiger partial charge on any atom is 0.243 e. The Morgan fingerprint density at radius 1 is 0.955 bits per heavy atom. The van der Waals surface area contributed by atoms with E-state index in [2.05, 4.69) is 16.0 Å². The fourth-order valence-corrected chi connectivity index (χ4v) is 1.96. The highest BCUT2D eigenvalue weighted by Gasteiger charge is 2.03. The highest BCUT2D eigenvalue weighted by Crippen LogP contribution is 2.15. The quantitative estimate of drug-likeness (QED) is 0.792. The van der Waals surface area contributed by atoms with E-state index in [1.165, 1.54) is 6.92 Å². The van der Waals surface area contributed by atoms with Crippen LogP contribution in [0.15, 0.2) is 48.5 Å². The summed E-state index contributed by atoms with van der Waals surface area (Å²) < 4.78 is 0. The summed E-state index contributed by atoms with van der Waals surface area (Å²) in [7, 11) is 0. The Hall–Kier alpha value is -2.53. The number of halogens is 1. The minimum absolute atomic E-state index is 0.117. The molecule has 22 heavy (non-hydrogen) atoms. The fourth-order valence-electron chi connectivity index (χ4n) is 1.83. The van der Waals surface area contributed by atoms with Crippen molar-refractivity contribution in [2.24, 2.45) is 0 Å². The van der Waals surface area contributed by atoms with Crippen molar-refractivity contribution in [1.82, 2.24) is 0 Å². The van der Waals surface area contributed by atoms with Crippen molar-refractivity contribution < 1.29 is 9.59 Å². The van der Waals surface area contributed by atoms with Gasteiger partial charge in [-0.2, -0.15) is 0 Å². The Morgan fingerprint density at radius 2 is 1.64 bits per heavy atom. The summed E-state index contributed by atoms with van der Waals surface area (Å²) >= 11 is 5.79. The molecule has 3 N–H and O–H groups in total. The number of anilines is 3. The first-order valence-electron chi connectivity index (χ1n) is 6.70.